The molecular formula is C14H9IN2O4S. The minimum atomic E-state index is -3.76. The summed E-state index contributed by atoms with van der Waals surface area (Å²) in [5.74, 6) is -1.16. The highest BCUT2D eigenvalue weighted by Crippen LogP contribution is 2.26. The van der Waals surface area contributed by atoms with Gasteiger partial charge in [0.2, 0.25) is 0 Å². The third-order valence-electron chi connectivity index (χ3n) is 3.07. The van der Waals surface area contributed by atoms with Crippen LogP contribution in [0.3, 0.4) is 0 Å². The largest absolute Gasteiger partial charge is 0.477 e. The lowest BCUT2D eigenvalue weighted by atomic mass is 10.3. The second kappa shape index (κ2) is 5.36. The summed E-state index contributed by atoms with van der Waals surface area (Å²) in [7, 11) is -3.76. The molecule has 3 rings (SSSR count). The summed E-state index contributed by atoms with van der Waals surface area (Å²) in [6.45, 7) is 0. The number of carbonyl (C=O) groups is 1. The second-order valence-corrected chi connectivity index (χ2v) is 7.35. The van der Waals surface area contributed by atoms with Gasteiger partial charge in [-0.3, -0.25) is 0 Å². The molecule has 0 atom stereocenters. The van der Waals surface area contributed by atoms with Crippen molar-refractivity contribution < 1.29 is 18.3 Å². The molecule has 0 saturated carbocycles. The fourth-order valence-electron chi connectivity index (χ4n) is 2.09. The predicted octanol–water partition coefficient (Wildman–Crippen LogP) is 2.58. The summed E-state index contributed by atoms with van der Waals surface area (Å²) in [6.07, 6.45) is 0. The number of aromatic nitrogens is 2. The van der Waals surface area contributed by atoms with Crippen molar-refractivity contribution in [1.82, 2.24) is 8.96 Å². The summed E-state index contributed by atoms with van der Waals surface area (Å²) < 4.78 is 27.1. The van der Waals surface area contributed by atoms with Gasteiger partial charge in [0.25, 0.3) is 10.0 Å². The predicted molar refractivity (Wildman–Crippen MR) is 88.4 cm³/mol. The average molecular weight is 428 g/mol. The van der Waals surface area contributed by atoms with Gasteiger partial charge in [0.1, 0.15) is 5.69 Å². The zero-order chi connectivity index (χ0) is 15.9. The molecule has 0 aliphatic rings. The fourth-order valence-corrected chi connectivity index (χ4v) is 4.83. The molecule has 0 spiro atoms. The zero-order valence-electron chi connectivity index (χ0n) is 11.0. The Bertz CT molecular complexity index is 981. The number of aromatic carboxylic acids is 1. The van der Waals surface area contributed by atoms with Crippen LogP contribution in [0.1, 0.15) is 10.5 Å². The molecule has 2 heterocycles. The monoisotopic (exact) mass is 428 g/mol. The van der Waals surface area contributed by atoms with E-state index in [1.807, 2.05) is 22.6 Å². The van der Waals surface area contributed by atoms with Crippen LogP contribution < -0.4 is 0 Å². The Balaban J connectivity index is 2.28. The number of benzene rings is 1. The van der Waals surface area contributed by atoms with Gasteiger partial charge in [0.15, 0.2) is 0 Å². The summed E-state index contributed by atoms with van der Waals surface area (Å²) in [5, 5.41) is 8.97. The van der Waals surface area contributed by atoms with Gasteiger partial charge in [0, 0.05) is 0 Å². The van der Waals surface area contributed by atoms with Crippen molar-refractivity contribution in [2.24, 2.45) is 0 Å². The number of carboxylic acids is 1. The van der Waals surface area contributed by atoms with Crippen LogP contribution in [0.4, 0.5) is 0 Å². The van der Waals surface area contributed by atoms with E-state index in [1.165, 1.54) is 24.3 Å². The van der Waals surface area contributed by atoms with Crippen LogP contribution in [-0.2, 0) is 10.0 Å². The van der Waals surface area contributed by atoms with Crippen molar-refractivity contribution >= 4 is 49.6 Å². The quantitative estimate of drug-likeness (QED) is 0.648. The first-order valence-corrected chi connectivity index (χ1v) is 8.65. The van der Waals surface area contributed by atoms with Crippen molar-refractivity contribution in [3.05, 3.63) is 57.9 Å². The maximum absolute atomic E-state index is 12.8. The highest BCUT2D eigenvalue weighted by molar-refractivity contribution is 14.1. The first-order valence-electron chi connectivity index (χ1n) is 6.13. The van der Waals surface area contributed by atoms with Crippen LogP contribution in [0.2, 0.25) is 0 Å². The normalized spacial score (nSPS) is 11.7. The SMILES string of the molecule is O=C(O)c1ccc2c(cc(I)n2S(=O)(=O)c2ccccc2)n1. The minimum Gasteiger partial charge on any atom is -0.477 e. The molecule has 6 nitrogen and oxygen atoms in total. The molecule has 0 amide bonds. The molecule has 22 heavy (non-hydrogen) atoms. The van der Waals surface area contributed by atoms with Crippen molar-refractivity contribution in [2.45, 2.75) is 4.90 Å². The van der Waals surface area contributed by atoms with E-state index in [0.717, 1.165) is 3.97 Å². The molecule has 1 N–H and O–H groups in total. The molecule has 3 aromatic rings. The smallest absolute Gasteiger partial charge is 0.354 e. The molecule has 0 aliphatic heterocycles. The number of rotatable bonds is 3. The van der Waals surface area contributed by atoms with E-state index in [4.69, 9.17) is 5.11 Å². The molecule has 0 saturated heterocycles. The summed E-state index contributed by atoms with van der Waals surface area (Å²) >= 11 is 1.89. The topological polar surface area (TPSA) is 89.3 Å². The Labute approximate surface area is 139 Å². The molecule has 1 aromatic carbocycles. The average Bonchev–Trinajstić information content (AvgIpc) is 2.83. The molecule has 0 bridgehead atoms. The number of pyridine rings is 1. The number of halogens is 1. The highest BCUT2D eigenvalue weighted by Gasteiger charge is 2.23. The standard InChI is InChI=1S/C14H9IN2O4S/c15-13-8-11-12(7-6-10(16-11)14(18)19)17(13)22(20,21)9-4-2-1-3-5-9/h1-8H,(H,18,19). The van der Waals surface area contributed by atoms with Gasteiger partial charge in [0.05, 0.1) is 19.6 Å². The number of hydrogen-bond donors (Lipinski definition) is 1. The first-order chi connectivity index (χ1) is 10.4. The Morgan fingerprint density at radius 1 is 1.14 bits per heavy atom. The Morgan fingerprint density at radius 3 is 2.45 bits per heavy atom. The molecule has 0 aliphatic carbocycles. The van der Waals surface area contributed by atoms with Gasteiger partial charge in [-0.25, -0.2) is 22.2 Å². The molecule has 0 radical (unpaired) electrons. The Kier molecular flexibility index (Phi) is 3.65. The van der Waals surface area contributed by atoms with E-state index >= 15 is 0 Å². The summed E-state index contributed by atoms with van der Waals surface area (Å²) in [6, 6.07) is 12.3. The van der Waals surface area contributed by atoms with Gasteiger partial charge in [-0.05, 0) is 52.9 Å². The third kappa shape index (κ3) is 2.37. The number of carboxylic acid groups (broad SMARTS) is 1. The summed E-state index contributed by atoms with van der Waals surface area (Å²) in [4.78, 5) is 15.1. The zero-order valence-corrected chi connectivity index (χ0v) is 13.9. The minimum absolute atomic E-state index is 0.127. The molecular weight excluding hydrogens is 419 g/mol. The Hall–Kier alpha value is -1.94. The van der Waals surface area contributed by atoms with Gasteiger partial charge in [-0.15, -0.1) is 0 Å². The third-order valence-corrected chi connectivity index (χ3v) is 5.93. The fraction of sp³-hybridized carbons (Fsp3) is 0. The van der Waals surface area contributed by atoms with Gasteiger partial charge in [-0.1, -0.05) is 18.2 Å². The molecule has 0 fully saturated rings. The van der Waals surface area contributed by atoms with Crippen molar-refractivity contribution in [3.63, 3.8) is 0 Å². The van der Waals surface area contributed by atoms with Crippen LogP contribution >= 0.6 is 22.6 Å². The van der Waals surface area contributed by atoms with Crippen molar-refractivity contribution in [3.8, 4) is 0 Å². The first kappa shape index (κ1) is 15.0. The highest BCUT2D eigenvalue weighted by atomic mass is 127. The van der Waals surface area contributed by atoms with E-state index in [9.17, 15) is 13.2 Å². The Morgan fingerprint density at radius 2 is 1.82 bits per heavy atom. The lowest BCUT2D eigenvalue weighted by Crippen LogP contribution is -2.14. The van der Waals surface area contributed by atoms with Gasteiger partial charge in [-0.2, -0.15) is 0 Å². The van der Waals surface area contributed by atoms with Crippen LogP contribution in [-0.4, -0.2) is 28.5 Å². The van der Waals surface area contributed by atoms with Crippen LogP contribution in [0, 0.1) is 3.70 Å². The maximum Gasteiger partial charge on any atom is 0.354 e. The summed E-state index contributed by atoms with van der Waals surface area (Å²) in [5.41, 5.74) is 0.542. The number of hydrogen-bond acceptors (Lipinski definition) is 4. The number of nitrogens with zero attached hydrogens (tertiary/aromatic N) is 2. The van der Waals surface area contributed by atoms with Crippen LogP contribution in [0.15, 0.2) is 53.4 Å². The molecule has 0 unspecified atom stereocenters. The van der Waals surface area contributed by atoms with Crippen molar-refractivity contribution in [2.75, 3.05) is 0 Å². The lowest BCUT2D eigenvalue weighted by molar-refractivity contribution is 0.0691. The maximum atomic E-state index is 12.8. The van der Waals surface area contributed by atoms with Gasteiger partial charge < -0.3 is 5.11 Å². The molecule has 112 valence electrons. The van der Waals surface area contributed by atoms with E-state index in [-0.39, 0.29) is 10.6 Å². The lowest BCUT2D eigenvalue weighted by Gasteiger charge is -2.08. The number of fused-ring (bicyclic) bond motifs is 1. The second-order valence-electron chi connectivity index (χ2n) is 4.46. The van der Waals surface area contributed by atoms with E-state index in [2.05, 4.69) is 4.98 Å². The van der Waals surface area contributed by atoms with Crippen LogP contribution in [0.25, 0.3) is 11.0 Å². The van der Waals surface area contributed by atoms with Crippen molar-refractivity contribution in [1.29, 1.82) is 0 Å². The van der Waals surface area contributed by atoms with E-state index < -0.39 is 16.0 Å². The van der Waals surface area contributed by atoms with E-state index in [0.29, 0.717) is 14.7 Å². The van der Waals surface area contributed by atoms with Crippen LogP contribution in [0.5, 0.6) is 0 Å². The molecule has 8 heteroatoms. The van der Waals surface area contributed by atoms with E-state index in [1.54, 1.807) is 24.3 Å². The molecule has 2 aromatic heterocycles. The van der Waals surface area contributed by atoms with Gasteiger partial charge >= 0.3 is 5.97 Å².